The number of aryl methyl sites for hydroxylation is 1. The molecular weight excluding hydrogens is 576 g/mol. The molecule has 2 aliphatic rings. The molecule has 3 aromatic carbocycles. The first-order valence-electron chi connectivity index (χ1n) is 10.9. The molecule has 1 atom stereocenters. The van der Waals surface area contributed by atoms with Crippen molar-refractivity contribution in [2.75, 3.05) is 0 Å². The summed E-state index contributed by atoms with van der Waals surface area (Å²) in [6.45, 7) is 0. The third-order valence-electron chi connectivity index (χ3n) is 6.33. The van der Waals surface area contributed by atoms with Crippen molar-refractivity contribution in [1.29, 1.82) is 0 Å². The summed E-state index contributed by atoms with van der Waals surface area (Å²) in [5, 5.41) is 10.1. The summed E-state index contributed by atoms with van der Waals surface area (Å²) >= 11 is 8.16. The highest BCUT2D eigenvalue weighted by molar-refractivity contribution is 9.11. The zero-order valence-electron chi connectivity index (χ0n) is 17.8. The zero-order chi connectivity index (χ0) is 23.4. The van der Waals surface area contributed by atoms with Crippen LogP contribution in [0, 0.1) is 0 Å². The number of phenols is 1. The molecule has 0 bridgehead atoms. The Bertz CT molecular complexity index is 1650. The van der Waals surface area contributed by atoms with Gasteiger partial charge in [0.25, 0.3) is 5.56 Å². The van der Waals surface area contributed by atoms with E-state index in [1.807, 2.05) is 28.8 Å². The van der Waals surface area contributed by atoms with E-state index in [0.29, 0.717) is 18.3 Å². The molecule has 0 amide bonds. The fourth-order valence-electron chi connectivity index (χ4n) is 4.78. The highest BCUT2D eigenvalue weighted by atomic mass is 79.9. The monoisotopic (exact) mass is 592 g/mol. The molecule has 1 N–H and O–H groups in total. The Morgan fingerprint density at radius 2 is 1.71 bits per heavy atom. The molecule has 1 aliphatic carbocycles. The Balaban J connectivity index is 1.62. The van der Waals surface area contributed by atoms with Gasteiger partial charge in [-0.3, -0.25) is 9.36 Å². The van der Waals surface area contributed by atoms with Gasteiger partial charge < -0.3 is 5.11 Å². The van der Waals surface area contributed by atoms with Gasteiger partial charge in [-0.15, -0.1) is 0 Å². The van der Waals surface area contributed by atoms with Crippen molar-refractivity contribution in [2.45, 2.75) is 18.9 Å². The molecule has 6 rings (SSSR count). The summed E-state index contributed by atoms with van der Waals surface area (Å²) in [7, 11) is 0. The summed E-state index contributed by atoms with van der Waals surface area (Å²) in [4.78, 5) is 19.5. The van der Waals surface area contributed by atoms with Crippen LogP contribution in [0.5, 0.6) is 5.75 Å². The van der Waals surface area contributed by atoms with Gasteiger partial charge in [0.15, 0.2) is 4.80 Å². The second-order valence-corrected chi connectivity index (χ2v) is 11.1. The SMILES string of the molecule is O=c1/c(=C/c2cc(Br)c(O)c(Br)c2)sc2n1[C@@H](c1ccccc1)C1=C(N=2)c2ccccc2CC1. The summed E-state index contributed by atoms with van der Waals surface area (Å²) in [5.41, 5.74) is 6.50. The van der Waals surface area contributed by atoms with Crippen molar-refractivity contribution < 1.29 is 5.11 Å². The van der Waals surface area contributed by atoms with Gasteiger partial charge in [0.05, 0.1) is 25.2 Å². The van der Waals surface area contributed by atoms with Crippen LogP contribution >= 0.6 is 43.2 Å². The Hall–Kier alpha value is -2.74. The largest absolute Gasteiger partial charge is 0.506 e. The van der Waals surface area contributed by atoms with E-state index in [1.54, 1.807) is 12.1 Å². The number of rotatable bonds is 2. The minimum Gasteiger partial charge on any atom is -0.506 e. The number of hydrogen-bond acceptors (Lipinski definition) is 4. The number of allylic oxidation sites excluding steroid dienone is 1. The number of fused-ring (bicyclic) bond motifs is 3. The van der Waals surface area contributed by atoms with E-state index in [4.69, 9.17) is 4.99 Å². The normalized spacial score (nSPS) is 17.1. The number of phenolic OH excluding ortho intramolecular Hbond substituents is 1. The standard InChI is InChI=1S/C27H18Br2N2O2S/c28-20-12-15(13-21(29)25(20)32)14-22-26(33)31-24(17-7-2-1-3-8-17)19-11-10-16-6-4-5-9-18(16)23(19)30-27(31)34-22/h1-9,12-14,24,32H,10-11H2/b22-14-/t24-/m0/s1. The minimum atomic E-state index is -0.179. The second-order valence-electron chi connectivity index (χ2n) is 8.36. The Morgan fingerprint density at radius 1 is 1.00 bits per heavy atom. The lowest BCUT2D eigenvalue weighted by Gasteiger charge is -2.30. The lowest BCUT2D eigenvalue weighted by molar-refractivity contribution is 0.468. The molecule has 2 heterocycles. The average Bonchev–Trinajstić information content (AvgIpc) is 3.16. The Morgan fingerprint density at radius 3 is 2.47 bits per heavy atom. The molecule has 0 spiro atoms. The van der Waals surface area contributed by atoms with Crippen LogP contribution in [0.3, 0.4) is 0 Å². The van der Waals surface area contributed by atoms with Gasteiger partial charge in [-0.05, 0) is 85.2 Å². The molecule has 0 fully saturated rings. The fraction of sp³-hybridized carbons (Fsp3) is 0.111. The van der Waals surface area contributed by atoms with E-state index in [1.165, 1.54) is 22.5 Å². The van der Waals surface area contributed by atoms with Crippen molar-refractivity contribution in [2.24, 2.45) is 4.99 Å². The van der Waals surface area contributed by atoms with Crippen LogP contribution in [0.4, 0.5) is 0 Å². The molecule has 0 saturated heterocycles. The van der Waals surface area contributed by atoms with Crippen molar-refractivity contribution in [3.8, 4) is 5.75 Å². The lowest BCUT2D eigenvalue weighted by atomic mass is 9.83. The number of hydrogen-bond donors (Lipinski definition) is 1. The number of nitrogens with zero attached hydrogens (tertiary/aromatic N) is 2. The van der Waals surface area contributed by atoms with Gasteiger partial charge in [-0.25, -0.2) is 4.99 Å². The third-order valence-corrected chi connectivity index (χ3v) is 8.52. The van der Waals surface area contributed by atoms with Crippen LogP contribution in [0.25, 0.3) is 11.8 Å². The quantitative estimate of drug-likeness (QED) is 0.331. The molecule has 168 valence electrons. The van der Waals surface area contributed by atoms with E-state index < -0.39 is 0 Å². The van der Waals surface area contributed by atoms with Crippen molar-refractivity contribution >= 4 is 55.0 Å². The number of halogens is 2. The minimum absolute atomic E-state index is 0.0525. The van der Waals surface area contributed by atoms with Gasteiger partial charge in [0.1, 0.15) is 5.75 Å². The number of benzene rings is 3. The molecule has 1 aliphatic heterocycles. The average molecular weight is 594 g/mol. The Kier molecular flexibility index (Phi) is 5.43. The molecular formula is C27H18Br2N2O2S. The van der Waals surface area contributed by atoms with E-state index in [2.05, 4.69) is 68.3 Å². The third kappa shape index (κ3) is 3.54. The van der Waals surface area contributed by atoms with Crippen LogP contribution in [0.15, 0.2) is 91.0 Å². The van der Waals surface area contributed by atoms with Crippen LogP contribution in [0.1, 0.15) is 34.7 Å². The number of aromatic hydroxyl groups is 1. The van der Waals surface area contributed by atoms with Gasteiger partial charge in [0.2, 0.25) is 0 Å². The highest BCUT2D eigenvalue weighted by Gasteiger charge is 2.32. The molecule has 0 unspecified atom stereocenters. The number of aromatic nitrogens is 1. The van der Waals surface area contributed by atoms with Gasteiger partial charge in [-0.2, -0.15) is 0 Å². The smallest absolute Gasteiger partial charge is 0.271 e. The van der Waals surface area contributed by atoms with Crippen LogP contribution < -0.4 is 14.9 Å². The molecule has 1 aromatic heterocycles. The van der Waals surface area contributed by atoms with Gasteiger partial charge in [-0.1, -0.05) is 65.9 Å². The summed E-state index contributed by atoms with van der Waals surface area (Å²) in [6, 6.07) is 22.1. The second kappa shape index (κ2) is 8.48. The first-order chi connectivity index (χ1) is 16.5. The molecule has 4 aromatic rings. The van der Waals surface area contributed by atoms with Crippen LogP contribution in [-0.4, -0.2) is 9.67 Å². The zero-order valence-corrected chi connectivity index (χ0v) is 21.8. The summed E-state index contributed by atoms with van der Waals surface area (Å²) in [5.74, 6) is 0.133. The van der Waals surface area contributed by atoms with Gasteiger partial charge in [0, 0.05) is 5.56 Å². The maximum atomic E-state index is 13.7. The van der Waals surface area contributed by atoms with Crippen molar-refractivity contribution in [1.82, 2.24) is 4.57 Å². The fourth-order valence-corrected chi connectivity index (χ4v) is 7.00. The topological polar surface area (TPSA) is 54.6 Å². The van der Waals surface area contributed by atoms with E-state index in [9.17, 15) is 9.90 Å². The first-order valence-corrected chi connectivity index (χ1v) is 13.3. The number of thiazole rings is 1. The first kappa shape index (κ1) is 21.8. The molecule has 0 saturated carbocycles. The van der Waals surface area contributed by atoms with Crippen LogP contribution in [0.2, 0.25) is 0 Å². The van der Waals surface area contributed by atoms with Crippen molar-refractivity contribution in [3.63, 3.8) is 0 Å². The lowest BCUT2D eigenvalue weighted by Crippen LogP contribution is -2.38. The van der Waals surface area contributed by atoms with E-state index in [0.717, 1.165) is 35.2 Å². The highest BCUT2D eigenvalue weighted by Crippen LogP contribution is 2.41. The maximum absolute atomic E-state index is 13.7. The predicted octanol–water partition coefficient (Wildman–Crippen LogP) is 5.55. The molecule has 4 nitrogen and oxygen atoms in total. The maximum Gasteiger partial charge on any atom is 0.271 e. The summed E-state index contributed by atoms with van der Waals surface area (Å²) in [6.07, 6.45) is 3.67. The van der Waals surface area contributed by atoms with E-state index in [-0.39, 0.29) is 17.4 Å². The van der Waals surface area contributed by atoms with Crippen molar-refractivity contribution in [3.05, 3.63) is 123 Å². The molecule has 7 heteroatoms. The van der Waals surface area contributed by atoms with E-state index >= 15 is 0 Å². The van der Waals surface area contributed by atoms with Crippen LogP contribution in [-0.2, 0) is 6.42 Å². The predicted molar refractivity (Wildman–Crippen MR) is 143 cm³/mol. The molecule has 34 heavy (non-hydrogen) atoms. The van der Waals surface area contributed by atoms with Gasteiger partial charge >= 0.3 is 0 Å². The Labute approximate surface area is 216 Å². The summed E-state index contributed by atoms with van der Waals surface area (Å²) < 4.78 is 3.59. The molecule has 0 radical (unpaired) electrons.